The SMILES string of the molecule is CCC(=O)Nc1ccc2c(C)c(C)c(=O)[nH]c2c1. The third kappa shape index (κ3) is 2.14. The van der Waals surface area contributed by atoms with E-state index in [-0.39, 0.29) is 11.5 Å². The molecule has 2 rings (SSSR count). The van der Waals surface area contributed by atoms with Crippen LogP contribution in [0.2, 0.25) is 0 Å². The number of hydrogen-bond donors (Lipinski definition) is 2. The molecule has 0 atom stereocenters. The van der Waals surface area contributed by atoms with E-state index in [9.17, 15) is 9.59 Å². The molecule has 1 amide bonds. The molecule has 4 heteroatoms. The molecule has 0 saturated heterocycles. The van der Waals surface area contributed by atoms with Crippen LogP contribution in [0.4, 0.5) is 5.69 Å². The lowest BCUT2D eigenvalue weighted by Crippen LogP contribution is -2.12. The summed E-state index contributed by atoms with van der Waals surface area (Å²) < 4.78 is 0. The summed E-state index contributed by atoms with van der Waals surface area (Å²) in [5, 5.41) is 3.78. The van der Waals surface area contributed by atoms with Crippen molar-refractivity contribution in [2.45, 2.75) is 27.2 Å². The summed E-state index contributed by atoms with van der Waals surface area (Å²) in [7, 11) is 0. The minimum absolute atomic E-state index is 0.0412. The number of H-pyrrole nitrogens is 1. The Kier molecular flexibility index (Phi) is 3.19. The Morgan fingerprint density at radius 1 is 1.28 bits per heavy atom. The van der Waals surface area contributed by atoms with Crippen molar-refractivity contribution in [1.82, 2.24) is 4.98 Å². The summed E-state index contributed by atoms with van der Waals surface area (Å²) in [5.74, 6) is -0.0412. The van der Waals surface area contributed by atoms with Gasteiger partial charge in [0.05, 0.1) is 5.52 Å². The molecule has 18 heavy (non-hydrogen) atoms. The standard InChI is InChI=1S/C14H16N2O2/c1-4-13(17)15-10-5-6-11-8(2)9(3)14(18)16-12(11)7-10/h5-7H,4H2,1-3H3,(H,15,17)(H,16,18). The van der Waals surface area contributed by atoms with Gasteiger partial charge >= 0.3 is 0 Å². The Hall–Kier alpha value is -2.10. The monoisotopic (exact) mass is 244 g/mol. The molecule has 0 saturated carbocycles. The molecule has 0 spiro atoms. The predicted molar refractivity (Wildman–Crippen MR) is 73.0 cm³/mol. The van der Waals surface area contributed by atoms with E-state index in [1.54, 1.807) is 19.9 Å². The van der Waals surface area contributed by atoms with Crippen LogP contribution in [0.3, 0.4) is 0 Å². The Morgan fingerprint density at radius 3 is 2.67 bits per heavy atom. The third-order valence-electron chi connectivity index (χ3n) is 3.18. The van der Waals surface area contributed by atoms with E-state index in [4.69, 9.17) is 0 Å². The van der Waals surface area contributed by atoms with Crippen LogP contribution in [0.1, 0.15) is 24.5 Å². The summed E-state index contributed by atoms with van der Waals surface area (Å²) in [6, 6.07) is 5.55. The van der Waals surface area contributed by atoms with E-state index in [0.717, 1.165) is 22.0 Å². The predicted octanol–water partition coefficient (Wildman–Crippen LogP) is 2.49. The van der Waals surface area contributed by atoms with Gasteiger partial charge in [-0.25, -0.2) is 0 Å². The number of anilines is 1. The van der Waals surface area contributed by atoms with Crippen LogP contribution < -0.4 is 10.9 Å². The Balaban J connectivity index is 2.56. The maximum atomic E-state index is 11.7. The van der Waals surface area contributed by atoms with Gasteiger partial charge in [-0.3, -0.25) is 9.59 Å². The molecule has 0 radical (unpaired) electrons. The smallest absolute Gasteiger partial charge is 0.251 e. The maximum absolute atomic E-state index is 11.7. The highest BCUT2D eigenvalue weighted by molar-refractivity contribution is 5.94. The van der Waals surface area contributed by atoms with Gasteiger partial charge in [-0.15, -0.1) is 0 Å². The maximum Gasteiger partial charge on any atom is 0.251 e. The van der Waals surface area contributed by atoms with Gasteiger partial charge in [0.2, 0.25) is 5.91 Å². The zero-order valence-corrected chi connectivity index (χ0v) is 10.8. The molecule has 0 aliphatic heterocycles. The van der Waals surface area contributed by atoms with Gasteiger partial charge in [-0.2, -0.15) is 0 Å². The molecule has 0 bridgehead atoms. The number of aromatic amines is 1. The van der Waals surface area contributed by atoms with Crippen LogP contribution >= 0.6 is 0 Å². The molecule has 1 aromatic carbocycles. The van der Waals surface area contributed by atoms with Gasteiger partial charge in [0.15, 0.2) is 0 Å². The number of fused-ring (bicyclic) bond motifs is 1. The highest BCUT2D eigenvalue weighted by Crippen LogP contribution is 2.20. The summed E-state index contributed by atoms with van der Waals surface area (Å²) in [6.07, 6.45) is 0.432. The molecule has 2 N–H and O–H groups in total. The van der Waals surface area contributed by atoms with Crippen molar-refractivity contribution in [2.24, 2.45) is 0 Å². The molecule has 1 aromatic heterocycles. The van der Waals surface area contributed by atoms with E-state index in [2.05, 4.69) is 10.3 Å². The highest BCUT2D eigenvalue weighted by atomic mass is 16.1. The van der Waals surface area contributed by atoms with Crippen LogP contribution in [0.15, 0.2) is 23.0 Å². The second kappa shape index (κ2) is 4.64. The molecular formula is C14H16N2O2. The van der Waals surface area contributed by atoms with Crippen molar-refractivity contribution in [2.75, 3.05) is 5.32 Å². The minimum atomic E-state index is -0.0843. The number of nitrogens with one attached hydrogen (secondary N) is 2. The van der Waals surface area contributed by atoms with Gasteiger partial charge in [-0.05, 0) is 31.5 Å². The fourth-order valence-corrected chi connectivity index (χ4v) is 1.89. The second-order valence-corrected chi connectivity index (χ2v) is 4.37. The highest BCUT2D eigenvalue weighted by Gasteiger charge is 2.06. The average molecular weight is 244 g/mol. The van der Waals surface area contributed by atoms with Crippen molar-refractivity contribution < 1.29 is 4.79 Å². The molecule has 94 valence electrons. The summed E-state index contributed by atoms with van der Waals surface area (Å²) >= 11 is 0. The number of carbonyl (C=O) groups is 1. The summed E-state index contributed by atoms with van der Waals surface area (Å²) in [5.41, 5.74) is 3.07. The fourth-order valence-electron chi connectivity index (χ4n) is 1.89. The van der Waals surface area contributed by atoms with Crippen molar-refractivity contribution in [3.63, 3.8) is 0 Å². The van der Waals surface area contributed by atoms with E-state index in [1.807, 2.05) is 19.1 Å². The zero-order valence-electron chi connectivity index (χ0n) is 10.8. The average Bonchev–Trinajstić information content (AvgIpc) is 2.35. The first kappa shape index (κ1) is 12.4. The first-order valence-corrected chi connectivity index (χ1v) is 5.96. The second-order valence-electron chi connectivity index (χ2n) is 4.37. The molecule has 2 aromatic rings. The van der Waals surface area contributed by atoms with Gasteiger partial charge in [0.25, 0.3) is 5.56 Å². The number of carbonyl (C=O) groups excluding carboxylic acids is 1. The Labute approximate surface area is 105 Å². The number of hydrogen-bond acceptors (Lipinski definition) is 2. The molecule has 0 aliphatic rings. The largest absolute Gasteiger partial charge is 0.326 e. The molecule has 0 fully saturated rings. The van der Waals surface area contributed by atoms with Crippen LogP contribution in [0.5, 0.6) is 0 Å². The quantitative estimate of drug-likeness (QED) is 0.852. The first-order chi connectivity index (χ1) is 8.52. The third-order valence-corrected chi connectivity index (χ3v) is 3.18. The number of amides is 1. The molecular weight excluding hydrogens is 228 g/mol. The number of rotatable bonds is 2. The van der Waals surface area contributed by atoms with Crippen LogP contribution in [-0.4, -0.2) is 10.9 Å². The van der Waals surface area contributed by atoms with Crippen molar-refractivity contribution in [1.29, 1.82) is 0 Å². The van der Waals surface area contributed by atoms with Crippen LogP contribution in [0, 0.1) is 13.8 Å². The van der Waals surface area contributed by atoms with E-state index < -0.39 is 0 Å². The number of aryl methyl sites for hydroxylation is 1. The lowest BCUT2D eigenvalue weighted by atomic mass is 10.1. The van der Waals surface area contributed by atoms with Gasteiger partial charge in [0.1, 0.15) is 0 Å². The molecule has 0 aliphatic carbocycles. The number of pyridine rings is 1. The number of aromatic nitrogens is 1. The van der Waals surface area contributed by atoms with Crippen molar-refractivity contribution in [3.8, 4) is 0 Å². The van der Waals surface area contributed by atoms with Crippen molar-refractivity contribution in [3.05, 3.63) is 39.7 Å². The Bertz CT molecular complexity index is 671. The summed E-state index contributed by atoms with van der Waals surface area (Å²) in [6.45, 7) is 5.53. The lowest BCUT2D eigenvalue weighted by molar-refractivity contribution is -0.115. The van der Waals surface area contributed by atoms with Crippen LogP contribution in [0.25, 0.3) is 10.9 Å². The minimum Gasteiger partial charge on any atom is -0.326 e. The topological polar surface area (TPSA) is 62.0 Å². The van der Waals surface area contributed by atoms with Gasteiger partial charge < -0.3 is 10.3 Å². The van der Waals surface area contributed by atoms with Gasteiger partial charge in [-0.1, -0.05) is 13.0 Å². The zero-order chi connectivity index (χ0) is 13.3. The number of benzene rings is 1. The molecule has 4 nitrogen and oxygen atoms in total. The van der Waals surface area contributed by atoms with E-state index in [1.165, 1.54) is 0 Å². The van der Waals surface area contributed by atoms with Crippen molar-refractivity contribution >= 4 is 22.5 Å². The molecule has 0 unspecified atom stereocenters. The summed E-state index contributed by atoms with van der Waals surface area (Å²) in [4.78, 5) is 25.8. The van der Waals surface area contributed by atoms with E-state index >= 15 is 0 Å². The van der Waals surface area contributed by atoms with E-state index in [0.29, 0.717) is 12.1 Å². The van der Waals surface area contributed by atoms with Gasteiger partial charge in [0, 0.05) is 23.1 Å². The first-order valence-electron chi connectivity index (χ1n) is 5.96. The molecule has 1 heterocycles. The normalized spacial score (nSPS) is 10.6. The van der Waals surface area contributed by atoms with Crippen LogP contribution in [-0.2, 0) is 4.79 Å². The fraction of sp³-hybridized carbons (Fsp3) is 0.286. The Morgan fingerprint density at radius 2 is 2.00 bits per heavy atom. The lowest BCUT2D eigenvalue weighted by Gasteiger charge is -2.08.